The number of pyridine rings is 1. The van der Waals surface area contributed by atoms with Crippen molar-refractivity contribution in [2.75, 3.05) is 5.32 Å². The zero-order chi connectivity index (χ0) is 21.5. The Labute approximate surface area is 185 Å². The molecule has 1 aromatic carbocycles. The first-order valence-corrected chi connectivity index (χ1v) is 11.1. The molecule has 160 valence electrons. The summed E-state index contributed by atoms with van der Waals surface area (Å²) in [5, 5.41) is 4.52. The van der Waals surface area contributed by atoms with Crippen molar-refractivity contribution in [3.05, 3.63) is 72.7 Å². The number of benzene rings is 1. The molecule has 1 amide bonds. The van der Waals surface area contributed by atoms with Gasteiger partial charge < -0.3 is 14.6 Å². The fourth-order valence-corrected chi connectivity index (χ4v) is 3.99. The summed E-state index contributed by atoms with van der Waals surface area (Å²) in [5.41, 5.74) is 3.91. The summed E-state index contributed by atoms with van der Waals surface area (Å²) in [6, 6.07) is 14.5. The smallest absolute Gasteiger partial charge is 0.290 e. The minimum atomic E-state index is -0.0802. The van der Waals surface area contributed by atoms with Gasteiger partial charge in [-0.2, -0.15) is 0 Å². The average Bonchev–Trinajstić information content (AvgIpc) is 3.77. The number of amides is 1. The maximum absolute atomic E-state index is 12.9. The van der Waals surface area contributed by atoms with Crippen LogP contribution >= 0.6 is 0 Å². The Balaban J connectivity index is 1.30. The Hall–Kier alpha value is -3.74. The lowest BCUT2D eigenvalue weighted by Crippen LogP contribution is -2.32. The van der Waals surface area contributed by atoms with Crippen LogP contribution in [0.2, 0.25) is 0 Å². The molecule has 1 N–H and O–H groups in total. The third-order valence-corrected chi connectivity index (χ3v) is 6.02. The van der Waals surface area contributed by atoms with Crippen molar-refractivity contribution < 1.29 is 9.21 Å². The van der Waals surface area contributed by atoms with E-state index in [-0.39, 0.29) is 11.9 Å². The second-order valence-electron chi connectivity index (χ2n) is 8.55. The molecule has 2 aliphatic rings. The van der Waals surface area contributed by atoms with Gasteiger partial charge in [-0.25, -0.2) is 9.97 Å². The van der Waals surface area contributed by atoms with E-state index in [9.17, 15) is 4.79 Å². The largest absolute Gasteiger partial charge is 0.459 e. The Morgan fingerprint density at radius 1 is 1.03 bits per heavy atom. The van der Waals surface area contributed by atoms with Crippen LogP contribution in [0.1, 0.15) is 41.9 Å². The van der Waals surface area contributed by atoms with Crippen molar-refractivity contribution in [1.82, 2.24) is 19.9 Å². The second-order valence-corrected chi connectivity index (χ2v) is 8.55. The molecule has 2 fully saturated rings. The van der Waals surface area contributed by atoms with Gasteiger partial charge in [0.1, 0.15) is 12.1 Å². The second kappa shape index (κ2) is 7.75. The number of furan rings is 1. The van der Waals surface area contributed by atoms with Crippen molar-refractivity contribution in [3.63, 3.8) is 0 Å². The number of hydrogen-bond acceptors (Lipinski definition) is 6. The molecule has 2 saturated carbocycles. The van der Waals surface area contributed by atoms with E-state index in [4.69, 9.17) is 4.42 Å². The summed E-state index contributed by atoms with van der Waals surface area (Å²) in [7, 11) is 0. The molecule has 4 aromatic rings. The van der Waals surface area contributed by atoms with Gasteiger partial charge >= 0.3 is 0 Å². The van der Waals surface area contributed by atoms with E-state index < -0.39 is 0 Å². The maximum atomic E-state index is 12.9. The van der Waals surface area contributed by atoms with Crippen LogP contribution in [0.4, 0.5) is 5.82 Å². The molecule has 6 rings (SSSR count). The van der Waals surface area contributed by atoms with Crippen LogP contribution in [0.3, 0.4) is 0 Å². The SMILES string of the molecule is O=C(c1ccco1)N(Cc1cc(-c2ccc3ncnc(NC4CC4)c3c2)ccn1)C1CC1. The van der Waals surface area contributed by atoms with E-state index in [0.29, 0.717) is 18.3 Å². The number of hydrogen-bond donors (Lipinski definition) is 1. The fourth-order valence-electron chi connectivity index (χ4n) is 3.99. The normalized spacial score (nSPS) is 15.6. The van der Waals surface area contributed by atoms with E-state index in [1.165, 1.54) is 19.1 Å². The zero-order valence-electron chi connectivity index (χ0n) is 17.6. The van der Waals surface area contributed by atoms with Crippen molar-refractivity contribution in [2.45, 2.75) is 44.3 Å². The molecule has 7 heteroatoms. The van der Waals surface area contributed by atoms with Crippen molar-refractivity contribution in [1.29, 1.82) is 0 Å². The van der Waals surface area contributed by atoms with E-state index in [2.05, 4.69) is 38.5 Å². The topological polar surface area (TPSA) is 84.2 Å². The van der Waals surface area contributed by atoms with Crippen molar-refractivity contribution >= 4 is 22.6 Å². The molecule has 3 aromatic heterocycles. The minimum absolute atomic E-state index is 0.0802. The lowest BCUT2D eigenvalue weighted by molar-refractivity contribution is 0.0695. The highest BCUT2D eigenvalue weighted by Crippen LogP contribution is 2.32. The minimum Gasteiger partial charge on any atom is -0.459 e. The number of nitrogens with zero attached hydrogens (tertiary/aromatic N) is 4. The predicted molar refractivity (Wildman–Crippen MR) is 121 cm³/mol. The van der Waals surface area contributed by atoms with Crippen molar-refractivity contribution in [2.24, 2.45) is 0 Å². The Kier molecular flexibility index (Phi) is 4.60. The molecule has 0 bridgehead atoms. The van der Waals surface area contributed by atoms with Crippen LogP contribution in [0.15, 0.2) is 65.7 Å². The monoisotopic (exact) mass is 425 g/mol. The van der Waals surface area contributed by atoms with E-state index in [1.807, 2.05) is 23.2 Å². The van der Waals surface area contributed by atoms with E-state index >= 15 is 0 Å². The molecule has 0 unspecified atom stereocenters. The molecule has 0 atom stereocenters. The fraction of sp³-hybridized carbons (Fsp3) is 0.280. The van der Waals surface area contributed by atoms with Crippen LogP contribution < -0.4 is 5.32 Å². The number of nitrogens with one attached hydrogen (secondary N) is 1. The van der Waals surface area contributed by atoms with Gasteiger partial charge in [-0.15, -0.1) is 0 Å². The first-order valence-electron chi connectivity index (χ1n) is 11.1. The van der Waals surface area contributed by atoms with Crippen LogP contribution in [0, 0.1) is 0 Å². The van der Waals surface area contributed by atoms with Gasteiger partial charge in [0.25, 0.3) is 5.91 Å². The highest BCUT2D eigenvalue weighted by atomic mass is 16.3. The summed E-state index contributed by atoms with van der Waals surface area (Å²) in [5.74, 6) is 1.18. The van der Waals surface area contributed by atoms with Gasteiger partial charge in [0.2, 0.25) is 0 Å². The molecular formula is C25H23N5O2. The third-order valence-electron chi connectivity index (χ3n) is 6.02. The molecule has 32 heavy (non-hydrogen) atoms. The van der Waals surface area contributed by atoms with E-state index in [0.717, 1.165) is 46.4 Å². The van der Waals surface area contributed by atoms with Crippen LogP contribution in [0.25, 0.3) is 22.0 Å². The average molecular weight is 425 g/mol. The lowest BCUT2D eigenvalue weighted by atomic mass is 10.0. The van der Waals surface area contributed by atoms with Gasteiger partial charge in [-0.05, 0) is 73.2 Å². The summed E-state index contributed by atoms with van der Waals surface area (Å²) in [4.78, 5) is 28.2. The molecule has 3 heterocycles. The molecule has 0 spiro atoms. The molecule has 0 saturated heterocycles. The van der Waals surface area contributed by atoms with Crippen LogP contribution in [0.5, 0.6) is 0 Å². The Morgan fingerprint density at radius 3 is 2.69 bits per heavy atom. The lowest BCUT2D eigenvalue weighted by Gasteiger charge is -2.21. The van der Waals surface area contributed by atoms with Gasteiger partial charge in [0.15, 0.2) is 5.76 Å². The first-order chi connectivity index (χ1) is 15.7. The number of aromatic nitrogens is 3. The number of rotatable bonds is 7. The zero-order valence-corrected chi connectivity index (χ0v) is 17.6. The molecule has 2 aliphatic carbocycles. The Morgan fingerprint density at radius 2 is 1.91 bits per heavy atom. The van der Waals surface area contributed by atoms with Gasteiger partial charge in [-0.1, -0.05) is 6.07 Å². The summed E-state index contributed by atoms with van der Waals surface area (Å²) < 4.78 is 5.34. The highest BCUT2D eigenvalue weighted by Gasteiger charge is 2.34. The third kappa shape index (κ3) is 3.82. The summed E-state index contributed by atoms with van der Waals surface area (Å²) in [6.07, 6.45) is 9.37. The summed E-state index contributed by atoms with van der Waals surface area (Å²) >= 11 is 0. The van der Waals surface area contributed by atoms with E-state index in [1.54, 1.807) is 18.5 Å². The number of fused-ring (bicyclic) bond motifs is 1. The van der Waals surface area contributed by atoms with Gasteiger partial charge in [0, 0.05) is 23.7 Å². The first kappa shape index (κ1) is 19.0. The summed E-state index contributed by atoms with van der Waals surface area (Å²) in [6.45, 7) is 0.462. The van der Waals surface area contributed by atoms with Crippen molar-refractivity contribution in [3.8, 4) is 11.1 Å². The standard InChI is InChI=1S/C25H23N5O2/c31-25(23-2-1-11-32-23)30(20-6-7-20)14-19-12-17(9-10-26-19)16-3-8-22-21(13-16)24(28-15-27-22)29-18-4-5-18/h1-3,8-13,15,18,20H,4-7,14H2,(H,27,28,29). The molecule has 7 nitrogen and oxygen atoms in total. The molecular weight excluding hydrogens is 402 g/mol. The molecule has 0 radical (unpaired) electrons. The quantitative estimate of drug-likeness (QED) is 0.463. The predicted octanol–water partition coefficient (Wildman–Crippen LogP) is 4.66. The Bertz CT molecular complexity index is 1280. The highest BCUT2D eigenvalue weighted by molar-refractivity contribution is 5.93. The number of carbonyl (C=O) groups is 1. The van der Waals surface area contributed by atoms with Gasteiger partial charge in [0.05, 0.1) is 24.0 Å². The number of anilines is 1. The van der Waals surface area contributed by atoms with Gasteiger partial charge in [-0.3, -0.25) is 9.78 Å². The van der Waals surface area contributed by atoms with Crippen LogP contribution in [-0.4, -0.2) is 37.8 Å². The molecule has 0 aliphatic heterocycles. The number of carbonyl (C=O) groups excluding carboxylic acids is 1. The maximum Gasteiger partial charge on any atom is 0.290 e. The van der Waals surface area contributed by atoms with Crippen LogP contribution in [-0.2, 0) is 6.54 Å².